The highest BCUT2D eigenvalue weighted by molar-refractivity contribution is 7.99. The van der Waals surface area contributed by atoms with E-state index in [1.54, 1.807) is 30.9 Å². The molecule has 3 nitrogen and oxygen atoms in total. The summed E-state index contributed by atoms with van der Waals surface area (Å²) in [5, 5.41) is 2.89. The van der Waals surface area contributed by atoms with Gasteiger partial charge in [-0.25, -0.2) is 9.18 Å². The molecule has 0 bridgehead atoms. The van der Waals surface area contributed by atoms with E-state index in [1.165, 1.54) is 17.0 Å². The average Bonchev–Trinajstić information content (AvgIpc) is 2.54. The number of carbonyl (C=O) groups is 1. The fraction of sp³-hybridized carbons (Fsp3) is 0.167. The lowest BCUT2D eigenvalue weighted by molar-refractivity contribution is 0.220. The smallest absolute Gasteiger partial charge is 0.321 e. The van der Waals surface area contributed by atoms with Crippen LogP contribution in [0.5, 0.6) is 0 Å². The van der Waals surface area contributed by atoms with Crippen LogP contribution in [0.25, 0.3) is 0 Å². The monoisotopic (exact) mass is 330 g/mol. The molecular weight excluding hydrogens is 311 g/mol. The zero-order chi connectivity index (χ0) is 16.7. The summed E-state index contributed by atoms with van der Waals surface area (Å²) in [6.07, 6.45) is 1.82. The molecule has 0 fully saturated rings. The molecule has 0 heterocycles. The van der Waals surface area contributed by atoms with Crippen molar-refractivity contribution in [3.63, 3.8) is 0 Å². The van der Waals surface area contributed by atoms with Gasteiger partial charge >= 0.3 is 6.03 Å². The molecule has 0 aromatic heterocycles. The minimum Gasteiger partial charge on any atom is -0.323 e. The molecule has 0 atom stereocenters. The Morgan fingerprint density at radius 2 is 2.09 bits per heavy atom. The number of amides is 2. The Labute approximate surface area is 140 Å². The van der Waals surface area contributed by atoms with Gasteiger partial charge in [0.1, 0.15) is 5.82 Å². The van der Waals surface area contributed by atoms with Crippen molar-refractivity contribution in [3.05, 3.63) is 72.6 Å². The van der Waals surface area contributed by atoms with Gasteiger partial charge in [0.2, 0.25) is 0 Å². The largest absolute Gasteiger partial charge is 0.323 e. The molecule has 0 saturated carbocycles. The molecule has 1 N–H and O–H groups in total. The maximum absolute atomic E-state index is 13.2. The Balaban J connectivity index is 2.02. The predicted molar refractivity (Wildman–Crippen MR) is 94.2 cm³/mol. The first kappa shape index (κ1) is 17.1. The van der Waals surface area contributed by atoms with E-state index < -0.39 is 0 Å². The molecule has 2 amide bonds. The fourth-order valence-electron chi connectivity index (χ4n) is 2.04. The molecule has 0 aliphatic heterocycles. The van der Waals surface area contributed by atoms with E-state index in [0.717, 1.165) is 21.9 Å². The first-order valence-electron chi connectivity index (χ1n) is 7.19. The van der Waals surface area contributed by atoms with Crippen molar-refractivity contribution in [2.75, 3.05) is 18.1 Å². The lowest BCUT2D eigenvalue weighted by Crippen LogP contribution is -2.31. The molecule has 120 valence electrons. The molecule has 0 radical (unpaired) electrons. The van der Waals surface area contributed by atoms with Crippen molar-refractivity contribution in [1.82, 2.24) is 4.90 Å². The number of hydrogen-bond acceptors (Lipinski definition) is 2. The van der Waals surface area contributed by atoms with Gasteiger partial charge in [-0.3, -0.25) is 0 Å². The lowest BCUT2D eigenvalue weighted by atomic mass is 10.2. The number of urea groups is 1. The third-order valence-electron chi connectivity index (χ3n) is 3.14. The molecule has 0 unspecified atom stereocenters. The predicted octanol–water partition coefficient (Wildman–Crippen LogP) is 4.77. The number of nitrogens with zero attached hydrogens (tertiary/aromatic N) is 1. The third kappa shape index (κ3) is 5.14. The Morgan fingerprint density at radius 3 is 2.83 bits per heavy atom. The number of para-hydroxylation sites is 1. The van der Waals surface area contributed by atoms with Crippen molar-refractivity contribution in [2.24, 2.45) is 0 Å². The van der Waals surface area contributed by atoms with Crippen LogP contribution >= 0.6 is 11.8 Å². The fourth-order valence-corrected chi connectivity index (χ4v) is 2.78. The maximum Gasteiger partial charge on any atom is 0.321 e. The summed E-state index contributed by atoms with van der Waals surface area (Å²) >= 11 is 1.61. The van der Waals surface area contributed by atoms with Gasteiger partial charge in [-0.15, -0.1) is 18.3 Å². The number of hydrogen-bond donors (Lipinski definition) is 1. The van der Waals surface area contributed by atoms with Gasteiger partial charge in [-0.2, -0.15) is 0 Å². The molecular formula is C18H19FN2OS. The van der Waals surface area contributed by atoms with Crippen LogP contribution in [-0.4, -0.2) is 23.7 Å². The van der Waals surface area contributed by atoms with E-state index in [-0.39, 0.29) is 11.8 Å². The Kier molecular flexibility index (Phi) is 6.23. The standard InChI is InChI=1S/C18H19FN2OS/c1-3-11-23-17-10-5-4-9-16(17)20-18(22)21(2)13-14-7-6-8-15(19)12-14/h3-10,12H,1,11,13H2,2H3,(H,20,22). The second-order valence-corrected chi connectivity index (χ2v) is 6.07. The van der Waals surface area contributed by atoms with Gasteiger partial charge in [0.25, 0.3) is 0 Å². The van der Waals surface area contributed by atoms with E-state index in [9.17, 15) is 9.18 Å². The van der Waals surface area contributed by atoms with Crippen LogP contribution in [0.1, 0.15) is 5.56 Å². The zero-order valence-electron chi connectivity index (χ0n) is 13.0. The van der Waals surface area contributed by atoms with Crippen molar-refractivity contribution in [1.29, 1.82) is 0 Å². The van der Waals surface area contributed by atoms with E-state index in [2.05, 4.69) is 11.9 Å². The summed E-state index contributed by atoms with van der Waals surface area (Å²) in [7, 11) is 1.68. The number of anilines is 1. The normalized spacial score (nSPS) is 10.2. The molecule has 2 aromatic rings. The van der Waals surface area contributed by atoms with Crippen molar-refractivity contribution >= 4 is 23.5 Å². The highest BCUT2D eigenvalue weighted by Gasteiger charge is 2.12. The summed E-state index contributed by atoms with van der Waals surface area (Å²) in [5.74, 6) is 0.467. The molecule has 0 aliphatic carbocycles. The van der Waals surface area contributed by atoms with Crippen LogP contribution in [-0.2, 0) is 6.54 Å². The Bertz CT molecular complexity index is 690. The number of halogens is 1. The van der Waals surface area contributed by atoms with Crippen LogP contribution < -0.4 is 5.32 Å². The number of benzene rings is 2. The second-order valence-electron chi connectivity index (χ2n) is 5.01. The van der Waals surface area contributed by atoms with Crippen LogP contribution in [0.4, 0.5) is 14.9 Å². The molecule has 23 heavy (non-hydrogen) atoms. The summed E-state index contributed by atoms with van der Waals surface area (Å²) in [6, 6.07) is 13.6. The van der Waals surface area contributed by atoms with E-state index in [1.807, 2.05) is 30.3 Å². The van der Waals surface area contributed by atoms with E-state index >= 15 is 0 Å². The average molecular weight is 330 g/mol. The van der Waals surface area contributed by atoms with E-state index in [0.29, 0.717) is 6.54 Å². The summed E-state index contributed by atoms with van der Waals surface area (Å²) < 4.78 is 13.2. The van der Waals surface area contributed by atoms with Crippen molar-refractivity contribution in [2.45, 2.75) is 11.4 Å². The Hall–Kier alpha value is -2.27. The minimum atomic E-state index is -0.303. The van der Waals surface area contributed by atoms with Crippen LogP contribution in [0.3, 0.4) is 0 Å². The van der Waals surface area contributed by atoms with Crippen LogP contribution in [0, 0.1) is 5.82 Å². The van der Waals surface area contributed by atoms with Gasteiger partial charge in [-0.05, 0) is 29.8 Å². The van der Waals surface area contributed by atoms with Gasteiger partial charge < -0.3 is 10.2 Å². The Morgan fingerprint density at radius 1 is 1.30 bits per heavy atom. The second kappa shape index (κ2) is 8.39. The van der Waals surface area contributed by atoms with Gasteiger partial charge in [0.05, 0.1) is 5.69 Å². The summed E-state index contributed by atoms with van der Waals surface area (Å²) in [6.45, 7) is 4.04. The SMILES string of the molecule is C=CCSc1ccccc1NC(=O)N(C)Cc1cccc(F)c1. The zero-order valence-corrected chi connectivity index (χ0v) is 13.8. The maximum atomic E-state index is 13.2. The molecule has 0 saturated heterocycles. The number of thioether (sulfide) groups is 1. The summed E-state index contributed by atoms with van der Waals surface area (Å²) in [5.41, 5.74) is 1.51. The van der Waals surface area contributed by atoms with Gasteiger partial charge in [0.15, 0.2) is 0 Å². The molecule has 2 aromatic carbocycles. The van der Waals surface area contributed by atoms with Crippen LogP contribution in [0.15, 0.2) is 66.1 Å². The van der Waals surface area contributed by atoms with Crippen molar-refractivity contribution < 1.29 is 9.18 Å². The summed E-state index contributed by atoms with van der Waals surface area (Å²) in [4.78, 5) is 14.8. The van der Waals surface area contributed by atoms with E-state index in [4.69, 9.17) is 0 Å². The van der Waals surface area contributed by atoms with Gasteiger partial charge in [0, 0.05) is 24.2 Å². The third-order valence-corrected chi connectivity index (χ3v) is 4.21. The molecule has 2 rings (SSSR count). The first-order chi connectivity index (χ1) is 11.1. The lowest BCUT2D eigenvalue weighted by Gasteiger charge is -2.19. The topological polar surface area (TPSA) is 32.3 Å². The quantitative estimate of drug-likeness (QED) is 0.611. The highest BCUT2D eigenvalue weighted by Crippen LogP contribution is 2.27. The number of rotatable bonds is 6. The minimum absolute atomic E-state index is 0.235. The highest BCUT2D eigenvalue weighted by atomic mass is 32.2. The molecule has 0 spiro atoms. The first-order valence-corrected chi connectivity index (χ1v) is 8.18. The molecule has 0 aliphatic rings. The number of nitrogens with one attached hydrogen (secondary N) is 1. The molecule has 5 heteroatoms. The number of carbonyl (C=O) groups excluding carboxylic acids is 1. The van der Waals surface area contributed by atoms with Crippen molar-refractivity contribution in [3.8, 4) is 0 Å². The van der Waals surface area contributed by atoms with Gasteiger partial charge in [-0.1, -0.05) is 30.3 Å². The van der Waals surface area contributed by atoms with Crippen LogP contribution in [0.2, 0.25) is 0 Å².